The van der Waals surface area contributed by atoms with Gasteiger partial charge in [-0.05, 0) is 60.9 Å². The number of hydrogen-bond donors (Lipinski definition) is 1. The summed E-state index contributed by atoms with van der Waals surface area (Å²) in [6, 6.07) is 12.2. The fraction of sp³-hybridized carbons (Fsp3) is 0.400. The van der Waals surface area contributed by atoms with Gasteiger partial charge in [0.1, 0.15) is 0 Å². The number of likely N-dealkylation sites (tertiary alicyclic amines) is 1. The highest BCUT2D eigenvalue weighted by atomic mass is 16.2. The maximum absolute atomic E-state index is 13.4. The lowest BCUT2D eigenvalue weighted by atomic mass is 9.73. The van der Waals surface area contributed by atoms with Crippen molar-refractivity contribution in [2.75, 3.05) is 19.6 Å². The quantitative estimate of drug-likeness (QED) is 0.719. The molecule has 5 heteroatoms. The summed E-state index contributed by atoms with van der Waals surface area (Å²) in [4.78, 5) is 32.2. The number of amides is 2. The van der Waals surface area contributed by atoms with Crippen LogP contribution in [0.3, 0.4) is 0 Å². The number of aromatic nitrogens is 1. The Balaban J connectivity index is 1.66. The lowest BCUT2D eigenvalue weighted by Crippen LogP contribution is -2.54. The number of nitrogens with zero attached hydrogens (tertiary/aromatic N) is 2. The fourth-order valence-corrected chi connectivity index (χ4v) is 4.52. The molecular formula is C25H29N3O2. The van der Waals surface area contributed by atoms with Crippen LogP contribution in [0.25, 0.3) is 11.1 Å². The van der Waals surface area contributed by atoms with E-state index in [2.05, 4.69) is 29.0 Å². The summed E-state index contributed by atoms with van der Waals surface area (Å²) in [5, 5.41) is 3.02. The molecule has 0 radical (unpaired) electrons. The summed E-state index contributed by atoms with van der Waals surface area (Å²) in [6.45, 7) is 5.39. The van der Waals surface area contributed by atoms with Gasteiger partial charge in [-0.15, -0.1) is 6.58 Å². The Morgan fingerprint density at radius 1 is 1.20 bits per heavy atom. The Kier molecular flexibility index (Phi) is 5.98. The highest BCUT2D eigenvalue weighted by molar-refractivity contribution is 5.86. The van der Waals surface area contributed by atoms with E-state index in [1.807, 2.05) is 29.2 Å². The van der Waals surface area contributed by atoms with Gasteiger partial charge in [-0.25, -0.2) is 0 Å². The van der Waals surface area contributed by atoms with Crippen LogP contribution in [0, 0.1) is 11.3 Å². The molecule has 2 aliphatic rings. The van der Waals surface area contributed by atoms with Gasteiger partial charge in [-0.3, -0.25) is 14.6 Å². The lowest BCUT2D eigenvalue weighted by molar-refractivity contribution is -0.142. The first kappa shape index (κ1) is 20.3. The minimum absolute atomic E-state index is 0.0141. The second-order valence-corrected chi connectivity index (χ2v) is 8.49. The molecule has 4 rings (SSSR count). The molecule has 1 unspecified atom stereocenters. The number of pyridine rings is 1. The van der Waals surface area contributed by atoms with Crippen molar-refractivity contribution in [1.82, 2.24) is 15.2 Å². The van der Waals surface area contributed by atoms with Crippen LogP contribution in [0.15, 0.2) is 61.4 Å². The molecule has 2 aromatic rings. The van der Waals surface area contributed by atoms with Gasteiger partial charge in [0.2, 0.25) is 11.8 Å². The molecule has 2 heterocycles. The van der Waals surface area contributed by atoms with Gasteiger partial charge in [-0.2, -0.15) is 0 Å². The van der Waals surface area contributed by atoms with Gasteiger partial charge >= 0.3 is 0 Å². The molecule has 1 aliphatic heterocycles. The molecule has 156 valence electrons. The Morgan fingerprint density at radius 2 is 1.97 bits per heavy atom. The second-order valence-electron chi connectivity index (χ2n) is 8.49. The first-order valence-corrected chi connectivity index (χ1v) is 10.8. The minimum atomic E-state index is -0.630. The summed E-state index contributed by atoms with van der Waals surface area (Å²) >= 11 is 0. The van der Waals surface area contributed by atoms with Gasteiger partial charge in [0.15, 0.2) is 0 Å². The number of piperidine rings is 1. The third-order valence-electron chi connectivity index (χ3n) is 6.24. The molecule has 0 bridgehead atoms. The summed E-state index contributed by atoms with van der Waals surface area (Å²) in [5.41, 5.74) is 2.69. The summed E-state index contributed by atoms with van der Waals surface area (Å²) < 4.78 is 0. The van der Waals surface area contributed by atoms with E-state index in [1.54, 1.807) is 18.5 Å². The summed E-state index contributed by atoms with van der Waals surface area (Å²) in [5.74, 6) is 0.402. The van der Waals surface area contributed by atoms with Gasteiger partial charge in [0.05, 0.1) is 5.41 Å². The van der Waals surface area contributed by atoms with Crippen LogP contribution in [0.5, 0.6) is 0 Å². The monoisotopic (exact) mass is 403 g/mol. The van der Waals surface area contributed by atoms with Crippen molar-refractivity contribution in [3.63, 3.8) is 0 Å². The largest absolute Gasteiger partial charge is 0.352 e. The highest BCUT2D eigenvalue weighted by Crippen LogP contribution is 2.39. The zero-order chi connectivity index (χ0) is 21.0. The Bertz CT molecular complexity index is 923. The average Bonchev–Trinajstić information content (AvgIpc) is 3.63. The molecule has 1 aliphatic carbocycles. The number of benzene rings is 1. The first-order valence-electron chi connectivity index (χ1n) is 10.8. The number of rotatable bonds is 7. The van der Waals surface area contributed by atoms with Crippen molar-refractivity contribution >= 4 is 11.8 Å². The van der Waals surface area contributed by atoms with Gasteiger partial charge < -0.3 is 10.2 Å². The molecule has 1 atom stereocenters. The van der Waals surface area contributed by atoms with E-state index in [1.165, 1.54) is 0 Å². The van der Waals surface area contributed by atoms with E-state index in [-0.39, 0.29) is 17.7 Å². The molecular weight excluding hydrogens is 374 g/mol. The van der Waals surface area contributed by atoms with Crippen molar-refractivity contribution in [2.24, 2.45) is 11.3 Å². The molecule has 2 fully saturated rings. The maximum atomic E-state index is 13.4. The molecule has 1 aromatic heterocycles. The third kappa shape index (κ3) is 4.30. The zero-order valence-corrected chi connectivity index (χ0v) is 17.3. The maximum Gasteiger partial charge on any atom is 0.228 e. The zero-order valence-electron chi connectivity index (χ0n) is 17.3. The Labute approximate surface area is 178 Å². The van der Waals surface area contributed by atoms with Crippen molar-refractivity contribution < 1.29 is 9.59 Å². The molecule has 30 heavy (non-hydrogen) atoms. The summed E-state index contributed by atoms with van der Waals surface area (Å²) in [6.07, 6.45) is 9.46. The van der Waals surface area contributed by atoms with E-state index < -0.39 is 5.41 Å². The number of hydrogen-bond acceptors (Lipinski definition) is 3. The number of carbonyl (C=O) groups is 2. The average molecular weight is 404 g/mol. The normalized spacial score (nSPS) is 21.1. The molecule has 5 nitrogen and oxygen atoms in total. The molecule has 1 N–H and O–H groups in total. The van der Waals surface area contributed by atoms with E-state index >= 15 is 0 Å². The number of carbonyl (C=O) groups excluding carboxylic acids is 2. The predicted molar refractivity (Wildman–Crippen MR) is 118 cm³/mol. The smallest absolute Gasteiger partial charge is 0.228 e. The Morgan fingerprint density at radius 3 is 2.70 bits per heavy atom. The molecule has 2 amide bonds. The summed E-state index contributed by atoms with van der Waals surface area (Å²) in [7, 11) is 0. The number of nitrogens with one attached hydrogen (secondary N) is 1. The van der Waals surface area contributed by atoms with Crippen LogP contribution >= 0.6 is 0 Å². The lowest BCUT2D eigenvalue weighted by Gasteiger charge is -2.42. The van der Waals surface area contributed by atoms with Crippen LogP contribution in [-0.4, -0.2) is 41.3 Å². The van der Waals surface area contributed by atoms with Gasteiger partial charge in [0, 0.05) is 37.9 Å². The first-order chi connectivity index (χ1) is 14.6. The van der Waals surface area contributed by atoms with Gasteiger partial charge in [0.25, 0.3) is 0 Å². The van der Waals surface area contributed by atoms with Crippen LogP contribution in [0.4, 0.5) is 0 Å². The molecule has 1 saturated heterocycles. The van der Waals surface area contributed by atoms with Crippen LogP contribution in [-0.2, 0) is 16.0 Å². The van der Waals surface area contributed by atoms with Crippen molar-refractivity contribution in [1.29, 1.82) is 0 Å². The standard InChI is InChI=1S/C25H29N3O2/c1-2-13-27-24(30)25(12-5-16-28(18-25)23(29)20-8-9-20)17-21-6-3-4-7-22(21)19-10-14-26-15-11-19/h2-4,6-7,10-11,14-15,20H,1,5,8-9,12-13,16-18H2,(H,27,30). The van der Waals surface area contributed by atoms with Crippen LogP contribution < -0.4 is 5.32 Å². The Hall–Kier alpha value is -2.95. The molecule has 0 spiro atoms. The van der Waals surface area contributed by atoms with Gasteiger partial charge in [-0.1, -0.05) is 30.3 Å². The topological polar surface area (TPSA) is 62.3 Å². The molecule has 1 saturated carbocycles. The van der Waals surface area contributed by atoms with E-state index in [4.69, 9.17) is 0 Å². The van der Waals surface area contributed by atoms with Crippen LogP contribution in [0.1, 0.15) is 31.2 Å². The SMILES string of the molecule is C=CCNC(=O)C1(Cc2ccccc2-c2ccncc2)CCCN(C(=O)C2CC2)C1. The highest BCUT2D eigenvalue weighted by Gasteiger charge is 2.45. The van der Waals surface area contributed by atoms with Crippen molar-refractivity contribution in [3.05, 3.63) is 67.0 Å². The molecule has 1 aromatic carbocycles. The van der Waals surface area contributed by atoms with Crippen molar-refractivity contribution in [3.8, 4) is 11.1 Å². The minimum Gasteiger partial charge on any atom is -0.352 e. The van der Waals surface area contributed by atoms with Crippen molar-refractivity contribution in [2.45, 2.75) is 32.1 Å². The van der Waals surface area contributed by atoms with E-state index in [0.29, 0.717) is 19.5 Å². The van der Waals surface area contributed by atoms with E-state index in [9.17, 15) is 9.59 Å². The van der Waals surface area contributed by atoms with Crippen LogP contribution in [0.2, 0.25) is 0 Å². The predicted octanol–water partition coefficient (Wildman–Crippen LogP) is 3.61. The van der Waals surface area contributed by atoms with E-state index in [0.717, 1.165) is 48.9 Å². The third-order valence-corrected chi connectivity index (χ3v) is 6.24. The second kappa shape index (κ2) is 8.82. The fourth-order valence-electron chi connectivity index (χ4n) is 4.52.